The van der Waals surface area contributed by atoms with Crippen molar-refractivity contribution in [2.24, 2.45) is 0 Å². The Hall–Kier alpha value is -3.78. The van der Waals surface area contributed by atoms with Crippen molar-refractivity contribution in [2.75, 3.05) is 0 Å². The van der Waals surface area contributed by atoms with Gasteiger partial charge in [0.1, 0.15) is 18.2 Å². The number of ether oxygens (including phenoxy) is 1. The van der Waals surface area contributed by atoms with E-state index in [2.05, 4.69) is 0 Å². The molecule has 4 aromatic rings. The lowest BCUT2D eigenvalue weighted by Gasteiger charge is -2.18. The van der Waals surface area contributed by atoms with Crippen molar-refractivity contribution in [3.05, 3.63) is 106 Å². The van der Waals surface area contributed by atoms with Crippen LogP contribution in [0.2, 0.25) is 5.02 Å². The standard InChI is InChI=1S/C26H18ClF4NO3/c1-15-2-8-23(32(15)21-11-17(25(33)34)10-18(12-21)26(29,30)31)22-13-19(27)5-9-24(22)35-14-16-3-6-20(28)7-4-16/h2-13H,14H2,1H3,(H,33,34). The van der Waals surface area contributed by atoms with Gasteiger partial charge in [0.25, 0.3) is 0 Å². The molecular formula is C26H18ClF4NO3. The third-order valence-electron chi connectivity index (χ3n) is 5.35. The molecule has 0 fully saturated rings. The molecule has 1 N–H and O–H groups in total. The second kappa shape index (κ2) is 9.46. The lowest BCUT2D eigenvalue weighted by Crippen LogP contribution is -2.10. The summed E-state index contributed by atoms with van der Waals surface area (Å²) in [4.78, 5) is 11.5. The second-order valence-corrected chi connectivity index (χ2v) is 8.26. The zero-order valence-corrected chi connectivity index (χ0v) is 19.0. The summed E-state index contributed by atoms with van der Waals surface area (Å²) in [5, 5.41) is 9.76. The largest absolute Gasteiger partial charge is 0.488 e. The van der Waals surface area contributed by atoms with Crippen LogP contribution in [0.4, 0.5) is 17.6 Å². The molecule has 0 saturated carbocycles. The van der Waals surface area contributed by atoms with Gasteiger partial charge in [-0.2, -0.15) is 13.2 Å². The number of carboxylic acids is 1. The van der Waals surface area contributed by atoms with Crippen LogP contribution < -0.4 is 4.74 Å². The van der Waals surface area contributed by atoms with E-state index in [1.54, 1.807) is 49.4 Å². The molecule has 35 heavy (non-hydrogen) atoms. The molecule has 0 unspecified atom stereocenters. The maximum atomic E-state index is 13.5. The minimum Gasteiger partial charge on any atom is -0.488 e. The number of aromatic nitrogens is 1. The predicted octanol–water partition coefficient (Wildman–Crippen LogP) is 7.54. The minimum atomic E-state index is -4.74. The van der Waals surface area contributed by atoms with Gasteiger partial charge in [-0.05, 0) is 73.2 Å². The number of hydrogen-bond acceptors (Lipinski definition) is 2. The van der Waals surface area contributed by atoms with Gasteiger partial charge in [0.05, 0.1) is 16.8 Å². The topological polar surface area (TPSA) is 51.5 Å². The highest BCUT2D eigenvalue weighted by atomic mass is 35.5. The zero-order chi connectivity index (χ0) is 25.3. The first-order chi connectivity index (χ1) is 16.5. The number of hydrogen-bond donors (Lipinski definition) is 1. The first-order valence-corrected chi connectivity index (χ1v) is 10.7. The number of nitrogens with zero attached hydrogens (tertiary/aromatic N) is 1. The highest BCUT2D eigenvalue weighted by Gasteiger charge is 2.32. The molecule has 0 aliphatic heterocycles. The molecule has 4 rings (SSSR count). The normalized spacial score (nSPS) is 11.5. The van der Waals surface area contributed by atoms with Crippen molar-refractivity contribution in [1.29, 1.82) is 0 Å². The van der Waals surface area contributed by atoms with Gasteiger partial charge in [-0.3, -0.25) is 0 Å². The molecule has 0 saturated heterocycles. The lowest BCUT2D eigenvalue weighted by molar-refractivity contribution is -0.137. The van der Waals surface area contributed by atoms with E-state index in [-0.39, 0.29) is 18.1 Å². The van der Waals surface area contributed by atoms with Crippen LogP contribution in [0.3, 0.4) is 0 Å². The molecule has 0 aliphatic carbocycles. The van der Waals surface area contributed by atoms with E-state index in [9.17, 15) is 27.5 Å². The van der Waals surface area contributed by atoms with Crippen molar-refractivity contribution in [3.63, 3.8) is 0 Å². The zero-order valence-electron chi connectivity index (χ0n) is 18.2. The van der Waals surface area contributed by atoms with Gasteiger partial charge in [0.2, 0.25) is 0 Å². The summed E-state index contributed by atoms with van der Waals surface area (Å²) in [5.74, 6) is -1.46. The van der Waals surface area contributed by atoms with Gasteiger partial charge in [0.15, 0.2) is 0 Å². The Labute approximate surface area is 203 Å². The Kier molecular flexibility index (Phi) is 6.58. The number of halogens is 5. The summed E-state index contributed by atoms with van der Waals surface area (Å²) < 4.78 is 61.2. The Balaban J connectivity index is 1.82. The van der Waals surface area contributed by atoms with Crippen molar-refractivity contribution >= 4 is 17.6 Å². The fraction of sp³-hybridized carbons (Fsp3) is 0.115. The van der Waals surface area contributed by atoms with Crippen LogP contribution in [-0.4, -0.2) is 15.6 Å². The molecule has 9 heteroatoms. The smallest absolute Gasteiger partial charge is 0.416 e. The number of alkyl halides is 3. The molecule has 0 spiro atoms. The Bertz CT molecular complexity index is 1390. The van der Waals surface area contributed by atoms with E-state index in [4.69, 9.17) is 16.3 Å². The second-order valence-electron chi connectivity index (χ2n) is 7.82. The van der Waals surface area contributed by atoms with Crippen molar-refractivity contribution in [1.82, 2.24) is 4.57 Å². The first kappa shape index (κ1) is 24.3. The van der Waals surface area contributed by atoms with Gasteiger partial charge >= 0.3 is 12.1 Å². The van der Waals surface area contributed by atoms with Crippen LogP contribution in [-0.2, 0) is 12.8 Å². The average Bonchev–Trinajstić information content (AvgIpc) is 3.19. The number of carbonyl (C=O) groups is 1. The van der Waals surface area contributed by atoms with E-state index in [0.717, 1.165) is 6.07 Å². The maximum Gasteiger partial charge on any atom is 0.416 e. The average molecular weight is 504 g/mol. The Morgan fingerprint density at radius 1 is 1.00 bits per heavy atom. The van der Waals surface area contributed by atoms with Crippen LogP contribution in [0.15, 0.2) is 72.8 Å². The molecule has 3 aromatic carbocycles. The third-order valence-corrected chi connectivity index (χ3v) is 5.59. The summed E-state index contributed by atoms with van der Waals surface area (Å²) in [7, 11) is 0. The minimum absolute atomic E-state index is 0.0270. The number of rotatable bonds is 6. The SMILES string of the molecule is Cc1ccc(-c2cc(Cl)ccc2OCc2ccc(F)cc2)n1-c1cc(C(=O)O)cc(C(F)(F)F)c1. The summed E-state index contributed by atoms with van der Waals surface area (Å²) in [6.07, 6.45) is -4.74. The van der Waals surface area contributed by atoms with E-state index in [0.29, 0.717) is 39.4 Å². The van der Waals surface area contributed by atoms with Crippen molar-refractivity contribution in [3.8, 4) is 22.7 Å². The monoisotopic (exact) mass is 503 g/mol. The van der Waals surface area contributed by atoms with Crippen LogP contribution in [0.1, 0.15) is 27.2 Å². The molecule has 0 bridgehead atoms. The molecule has 4 nitrogen and oxygen atoms in total. The van der Waals surface area contributed by atoms with Gasteiger partial charge in [0, 0.05) is 22.0 Å². The lowest BCUT2D eigenvalue weighted by atomic mass is 10.1. The van der Waals surface area contributed by atoms with E-state index in [1.807, 2.05) is 0 Å². The highest BCUT2D eigenvalue weighted by molar-refractivity contribution is 6.31. The number of aromatic carboxylic acids is 1. The van der Waals surface area contributed by atoms with Crippen LogP contribution in [0.5, 0.6) is 5.75 Å². The van der Waals surface area contributed by atoms with Gasteiger partial charge < -0.3 is 14.4 Å². The number of benzene rings is 3. The van der Waals surface area contributed by atoms with E-state index < -0.39 is 23.3 Å². The number of carboxylic acid groups (broad SMARTS) is 1. The summed E-state index contributed by atoms with van der Waals surface area (Å²) in [5.41, 5.74) is 0.678. The van der Waals surface area contributed by atoms with Gasteiger partial charge in [-0.25, -0.2) is 9.18 Å². The molecule has 0 atom stereocenters. The van der Waals surface area contributed by atoms with E-state index >= 15 is 0 Å². The molecule has 0 radical (unpaired) electrons. The Morgan fingerprint density at radius 3 is 2.37 bits per heavy atom. The third kappa shape index (κ3) is 5.33. The fourth-order valence-electron chi connectivity index (χ4n) is 3.69. The van der Waals surface area contributed by atoms with Gasteiger partial charge in [-0.1, -0.05) is 23.7 Å². The van der Waals surface area contributed by atoms with Crippen LogP contribution in [0.25, 0.3) is 16.9 Å². The molecule has 180 valence electrons. The van der Waals surface area contributed by atoms with Crippen molar-refractivity contribution in [2.45, 2.75) is 19.7 Å². The van der Waals surface area contributed by atoms with Crippen LogP contribution >= 0.6 is 11.6 Å². The van der Waals surface area contributed by atoms with Gasteiger partial charge in [-0.15, -0.1) is 0 Å². The maximum absolute atomic E-state index is 13.5. The van der Waals surface area contributed by atoms with E-state index in [1.165, 1.54) is 22.8 Å². The summed E-state index contributed by atoms with van der Waals surface area (Å²) in [6, 6.07) is 16.7. The molecule has 0 aliphatic rings. The van der Waals surface area contributed by atoms with Crippen molar-refractivity contribution < 1.29 is 32.2 Å². The molecular weight excluding hydrogens is 486 g/mol. The fourth-order valence-corrected chi connectivity index (χ4v) is 3.86. The summed E-state index contributed by atoms with van der Waals surface area (Å²) >= 11 is 6.23. The quantitative estimate of drug-likeness (QED) is 0.276. The molecule has 1 aromatic heterocycles. The predicted molar refractivity (Wildman–Crippen MR) is 124 cm³/mol. The Morgan fingerprint density at radius 2 is 1.71 bits per heavy atom. The highest BCUT2D eigenvalue weighted by Crippen LogP contribution is 2.38. The van der Waals surface area contributed by atoms with Crippen LogP contribution in [0, 0.1) is 12.7 Å². The summed E-state index contributed by atoms with van der Waals surface area (Å²) in [6.45, 7) is 1.80. The number of aryl methyl sites for hydroxylation is 1. The molecule has 0 amide bonds. The molecule has 1 heterocycles. The first-order valence-electron chi connectivity index (χ1n) is 10.3.